The molecule has 25 heavy (non-hydrogen) atoms. The standard InChI is InChI=1S/C11H22O.C9H18N4/c1-11(2,3)9-12-10-7-5-4-6-8-10;1-10-4-5-12(2)7-9-6-11-13(3)8-9/h10H,4-9H2,1-3H3;6,8,10H,4-5,7H2,1-3H3. The smallest absolute Gasteiger partial charge is 0.0575 e. The highest BCUT2D eigenvalue weighted by molar-refractivity contribution is 5.02. The lowest BCUT2D eigenvalue weighted by atomic mass is 9.96. The van der Waals surface area contributed by atoms with Crippen LogP contribution in [0.5, 0.6) is 0 Å². The second-order valence-corrected chi connectivity index (χ2v) is 8.50. The van der Waals surface area contributed by atoms with E-state index in [2.05, 4.69) is 49.3 Å². The van der Waals surface area contributed by atoms with E-state index in [4.69, 9.17) is 4.74 Å². The number of aryl methyl sites for hydroxylation is 1. The monoisotopic (exact) mass is 352 g/mol. The van der Waals surface area contributed by atoms with Crippen molar-refractivity contribution in [2.45, 2.75) is 65.5 Å². The summed E-state index contributed by atoms with van der Waals surface area (Å²) in [6, 6.07) is 0. The van der Waals surface area contributed by atoms with E-state index in [0.29, 0.717) is 11.5 Å². The molecule has 0 spiro atoms. The third-order valence-corrected chi connectivity index (χ3v) is 4.26. The first kappa shape index (κ1) is 22.1. The first-order valence-corrected chi connectivity index (χ1v) is 9.72. The van der Waals surface area contributed by atoms with Gasteiger partial charge in [0.15, 0.2) is 0 Å². The lowest BCUT2D eigenvalue weighted by molar-refractivity contribution is -0.00956. The number of nitrogens with one attached hydrogen (secondary N) is 1. The fourth-order valence-electron chi connectivity index (χ4n) is 2.85. The van der Waals surface area contributed by atoms with Crippen molar-refractivity contribution in [3.05, 3.63) is 18.0 Å². The van der Waals surface area contributed by atoms with Crippen molar-refractivity contribution in [2.75, 3.05) is 33.8 Å². The van der Waals surface area contributed by atoms with Crippen LogP contribution in [0, 0.1) is 5.41 Å². The van der Waals surface area contributed by atoms with Crippen LogP contribution >= 0.6 is 0 Å². The minimum atomic E-state index is 0.331. The predicted molar refractivity (Wildman–Crippen MR) is 106 cm³/mol. The van der Waals surface area contributed by atoms with Gasteiger partial charge in [-0.15, -0.1) is 0 Å². The van der Waals surface area contributed by atoms with Gasteiger partial charge in [0.25, 0.3) is 0 Å². The van der Waals surface area contributed by atoms with Crippen LogP contribution in [0.1, 0.15) is 58.4 Å². The van der Waals surface area contributed by atoms with Crippen molar-refractivity contribution >= 4 is 0 Å². The summed E-state index contributed by atoms with van der Waals surface area (Å²) in [5.74, 6) is 0. The number of rotatable bonds is 7. The molecule has 1 heterocycles. The van der Waals surface area contributed by atoms with E-state index in [0.717, 1.165) is 26.2 Å². The van der Waals surface area contributed by atoms with Gasteiger partial charge in [0.05, 0.1) is 18.9 Å². The molecule has 1 fully saturated rings. The second-order valence-electron chi connectivity index (χ2n) is 8.50. The summed E-state index contributed by atoms with van der Waals surface area (Å²) in [7, 11) is 6.03. The van der Waals surface area contributed by atoms with Gasteiger partial charge in [-0.3, -0.25) is 4.68 Å². The number of ether oxygens (including phenoxy) is 1. The van der Waals surface area contributed by atoms with Crippen molar-refractivity contribution in [1.29, 1.82) is 0 Å². The largest absolute Gasteiger partial charge is 0.378 e. The summed E-state index contributed by atoms with van der Waals surface area (Å²) in [6.07, 6.45) is 11.3. The molecule has 0 bridgehead atoms. The third kappa shape index (κ3) is 11.3. The molecular formula is C20H40N4O. The van der Waals surface area contributed by atoms with E-state index in [1.165, 1.54) is 37.7 Å². The highest BCUT2D eigenvalue weighted by Gasteiger charge is 2.17. The van der Waals surface area contributed by atoms with Gasteiger partial charge >= 0.3 is 0 Å². The molecule has 0 aliphatic heterocycles. The van der Waals surface area contributed by atoms with Crippen molar-refractivity contribution in [3.63, 3.8) is 0 Å². The fraction of sp³-hybridized carbons (Fsp3) is 0.850. The normalized spacial score (nSPS) is 16.0. The third-order valence-electron chi connectivity index (χ3n) is 4.26. The molecular weight excluding hydrogens is 312 g/mol. The Labute approximate surface area is 155 Å². The van der Waals surface area contributed by atoms with Crippen LogP contribution in [0.4, 0.5) is 0 Å². The van der Waals surface area contributed by atoms with E-state index in [-0.39, 0.29) is 0 Å². The zero-order valence-corrected chi connectivity index (χ0v) is 17.3. The highest BCUT2D eigenvalue weighted by Crippen LogP contribution is 2.23. The Morgan fingerprint density at radius 3 is 2.48 bits per heavy atom. The number of nitrogens with zero attached hydrogens (tertiary/aromatic N) is 3. The van der Waals surface area contributed by atoms with Crippen molar-refractivity contribution in [3.8, 4) is 0 Å². The van der Waals surface area contributed by atoms with Crippen LogP contribution in [0.2, 0.25) is 0 Å². The van der Waals surface area contributed by atoms with Gasteiger partial charge in [0.1, 0.15) is 0 Å². The summed E-state index contributed by atoms with van der Waals surface area (Å²) in [6.45, 7) is 10.7. The molecule has 146 valence electrons. The fourth-order valence-corrected chi connectivity index (χ4v) is 2.85. The summed E-state index contributed by atoms with van der Waals surface area (Å²) >= 11 is 0. The molecule has 5 nitrogen and oxygen atoms in total. The van der Waals surface area contributed by atoms with Gasteiger partial charge in [-0.05, 0) is 32.4 Å². The number of aromatic nitrogens is 2. The summed E-state index contributed by atoms with van der Waals surface area (Å²) in [5.41, 5.74) is 1.60. The Balaban J connectivity index is 0.000000251. The molecule has 1 N–H and O–H groups in total. The maximum atomic E-state index is 5.85. The Hall–Kier alpha value is -0.910. The van der Waals surface area contributed by atoms with Crippen LogP contribution in [-0.2, 0) is 18.3 Å². The van der Waals surface area contributed by atoms with Gasteiger partial charge in [0.2, 0.25) is 0 Å². The second kappa shape index (κ2) is 11.7. The summed E-state index contributed by atoms with van der Waals surface area (Å²) in [5, 5.41) is 7.25. The summed E-state index contributed by atoms with van der Waals surface area (Å²) in [4.78, 5) is 2.27. The van der Waals surface area contributed by atoms with Crippen LogP contribution < -0.4 is 5.32 Å². The zero-order valence-electron chi connectivity index (χ0n) is 17.3. The molecule has 1 aromatic heterocycles. The topological polar surface area (TPSA) is 42.3 Å². The molecule has 0 aromatic carbocycles. The molecule has 1 saturated carbocycles. The molecule has 0 radical (unpaired) electrons. The average molecular weight is 353 g/mol. The lowest BCUT2D eigenvalue weighted by Gasteiger charge is -2.26. The van der Waals surface area contributed by atoms with E-state index in [9.17, 15) is 0 Å². The maximum absolute atomic E-state index is 5.85. The van der Waals surface area contributed by atoms with E-state index in [1.807, 2.05) is 25.0 Å². The molecule has 0 atom stereocenters. The quantitative estimate of drug-likeness (QED) is 0.816. The Morgan fingerprint density at radius 1 is 1.28 bits per heavy atom. The lowest BCUT2D eigenvalue weighted by Crippen LogP contribution is -2.26. The summed E-state index contributed by atoms with van der Waals surface area (Å²) < 4.78 is 7.68. The van der Waals surface area contributed by atoms with Gasteiger partial charge < -0.3 is 15.0 Å². The minimum absolute atomic E-state index is 0.331. The molecule has 5 heteroatoms. The Kier molecular flexibility index (Phi) is 10.3. The molecule has 0 saturated heterocycles. The van der Waals surface area contributed by atoms with Gasteiger partial charge in [-0.1, -0.05) is 40.0 Å². The van der Waals surface area contributed by atoms with Crippen molar-refractivity contribution in [1.82, 2.24) is 20.0 Å². The van der Waals surface area contributed by atoms with E-state index < -0.39 is 0 Å². The first-order chi connectivity index (χ1) is 11.8. The average Bonchev–Trinajstić information content (AvgIpc) is 2.97. The number of likely N-dealkylation sites (N-methyl/N-ethyl adjacent to an activating group) is 2. The maximum Gasteiger partial charge on any atom is 0.0575 e. The molecule has 1 aliphatic carbocycles. The molecule has 1 aliphatic rings. The minimum Gasteiger partial charge on any atom is -0.378 e. The van der Waals surface area contributed by atoms with E-state index >= 15 is 0 Å². The van der Waals surface area contributed by atoms with Crippen molar-refractivity contribution in [2.24, 2.45) is 12.5 Å². The van der Waals surface area contributed by atoms with Crippen LogP contribution in [0.3, 0.4) is 0 Å². The van der Waals surface area contributed by atoms with Gasteiger partial charge in [0, 0.05) is 38.4 Å². The molecule has 1 aromatic rings. The van der Waals surface area contributed by atoms with Gasteiger partial charge in [-0.2, -0.15) is 5.10 Å². The van der Waals surface area contributed by atoms with Crippen LogP contribution in [-0.4, -0.2) is 54.6 Å². The zero-order chi connectivity index (χ0) is 18.7. The number of hydrogen-bond donors (Lipinski definition) is 1. The molecule has 0 unspecified atom stereocenters. The van der Waals surface area contributed by atoms with E-state index in [1.54, 1.807) is 0 Å². The highest BCUT2D eigenvalue weighted by atomic mass is 16.5. The van der Waals surface area contributed by atoms with Gasteiger partial charge in [-0.25, -0.2) is 0 Å². The first-order valence-electron chi connectivity index (χ1n) is 9.72. The molecule has 0 amide bonds. The number of hydrogen-bond acceptors (Lipinski definition) is 4. The SMILES string of the molecule is CC(C)(C)COC1CCCCC1.CNCCN(C)Cc1cnn(C)c1. The Morgan fingerprint density at radius 2 is 1.96 bits per heavy atom. The molecule has 2 rings (SSSR count). The predicted octanol–water partition coefficient (Wildman–Crippen LogP) is 3.45. The van der Waals surface area contributed by atoms with Crippen LogP contribution in [0.25, 0.3) is 0 Å². The van der Waals surface area contributed by atoms with Crippen LogP contribution in [0.15, 0.2) is 12.4 Å². The Bertz CT molecular complexity index is 447. The van der Waals surface area contributed by atoms with Crippen molar-refractivity contribution < 1.29 is 4.74 Å².